The first-order valence-corrected chi connectivity index (χ1v) is 12.6. The SMILES string of the molecule is COC(=O)CNC(=O)/C1=C\[C@@H]2c3cc(ccc3O[C@H]2Nc2ccc(F)cc2)CCC(=O)NC(C(C)C)C(=O)N1. The molecule has 0 spiro atoms. The fraction of sp³-hybridized carbons (Fsp3) is 0.357. The van der Waals surface area contributed by atoms with E-state index in [-0.39, 0.29) is 23.9 Å². The van der Waals surface area contributed by atoms with Crippen molar-refractivity contribution in [3.8, 4) is 5.75 Å². The molecular formula is C28H31FN4O6. The molecule has 2 aromatic carbocycles. The average Bonchev–Trinajstić information content (AvgIpc) is 3.25. The molecule has 11 heteroatoms. The highest BCUT2D eigenvalue weighted by atomic mass is 19.1. The van der Waals surface area contributed by atoms with E-state index in [0.717, 1.165) is 11.1 Å². The third kappa shape index (κ3) is 6.73. The number of hydrogen-bond acceptors (Lipinski definition) is 7. The Balaban J connectivity index is 1.77. The van der Waals surface area contributed by atoms with Crippen LogP contribution in [0.25, 0.3) is 0 Å². The van der Waals surface area contributed by atoms with Gasteiger partial charge in [-0.05, 0) is 54.3 Å². The normalized spacial score (nSPS) is 22.1. The van der Waals surface area contributed by atoms with Gasteiger partial charge in [-0.15, -0.1) is 0 Å². The van der Waals surface area contributed by atoms with Gasteiger partial charge in [-0.3, -0.25) is 19.2 Å². The summed E-state index contributed by atoms with van der Waals surface area (Å²) in [5.74, 6) is -2.94. The summed E-state index contributed by atoms with van der Waals surface area (Å²) in [6, 6.07) is 10.4. The Kier molecular flexibility index (Phi) is 8.48. The highest BCUT2D eigenvalue weighted by Crippen LogP contribution is 2.41. The fourth-order valence-electron chi connectivity index (χ4n) is 4.42. The minimum absolute atomic E-state index is 0.124. The van der Waals surface area contributed by atoms with Gasteiger partial charge in [0, 0.05) is 17.7 Å². The van der Waals surface area contributed by atoms with Crippen LogP contribution in [0.2, 0.25) is 0 Å². The van der Waals surface area contributed by atoms with E-state index in [1.807, 2.05) is 12.1 Å². The molecular weight excluding hydrogens is 507 g/mol. The summed E-state index contributed by atoms with van der Waals surface area (Å²) in [5, 5.41) is 11.1. The Morgan fingerprint density at radius 2 is 1.87 bits per heavy atom. The summed E-state index contributed by atoms with van der Waals surface area (Å²) in [4.78, 5) is 50.9. The predicted molar refractivity (Wildman–Crippen MR) is 140 cm³/mol. The molecule has 39 heavy (non-hydrogen) atoms. The molecule has 0 aliphatic carbocycles. The molecule has 3 atom stereocenters. The number of aryl methyl sites for hydroxylation is 1. The lowest BCUT2D eigenvalue weighted by molar-refractivity contribution is -0.140. The van der Waals surface area contributed by atoms with E-state index in [4.69, 9.17) is 4.74 Å². The molecule has 1 unspecified atom stereocenters. The highest BCUT2D eigenvalue weighted by molar-refractivity contribution is 6.00. The van der Waals surface area contributed by atoms with Gasteiger partial charge in [-0.1, -0.05) is 26.0 Å². The number of nitrogens with one attached hydrogen (secondary N) is 4. The van der Waals surface area contributed by atoms with Crippen LogP contribution in [0.3, 0.4) is 0 Å². The Morgan fingerprint density at radius 3 is 2.56 bits per heavy atom. The van der Waals surface area contributed by atoms with E-state index in [1.165, 1.54) is 19.2 Å². The number of carbonyl (C=O) groups excluding carboxylic acids is 4. The van der Waals surface area contributed by atoms with Crippen molar-refractivity contribution < 1.29 is 33.0 Å². The Labute approximate surface area is 225 Å². The molecule has 0 aromatic heterocycles. The maximum Gasteiger partial charge on any atom is 0.325 e. The number of carbonyl (C=O) groups is 4. The number of halogens is 1. The zero-order chi connectivity index (χ0) is 28.1. The Morgan fingerprint density at radius 1 is 1.13 bits per heavy atom. The van der Waals surface area contributed by atoms with Crippen LogP contribution in [0.1, 0.15) is 37.3 Å². The van der Waals surface area contributed by atoms with Gasteiger partial charge in [0.15, 0.2) is 6.23 Å². The number of ether oxygens (including phenoxy) is 2. The second kappa shape index (κ2) is 12.0. The van der Waals surface area contributed by atoms with Gasteiger partial charge in [0.1, 0.15) is 29.9 Å². The second-order valence-electron chi connectivity index (χ2n) is 9.71. The van der Waals surface area contributed by atoms with E-state index in [0.29, 0.717) is 17.9 Å². The van der Waals surface area contributed by atoms with Gasteiger partial charge in [-0.2, -0.15) is 0 Å². The lowest BCUT2D eigenvalue weighted by Gasteiger charge is -2.23. The van der Waals surface area contributed by atoms with E-state index in [9.17, 15) is 23.6 Å². The predicted octanol–water partition coefficient (Wildman–Crippen LogP) is 2.12. The summed E-state index contributed by atoms with van der Waals surface area (Å²) in [6.07, 6.45) is 1.44. The minimum Gasteiger partial charge on any atom is -0.469 e. The Hall–Kier alpha value is -4.41. The molecule has 206 valence electrons. The van der Waals surface area contributed by atoms with Crippen molar-refractivity contribution in [2.45, 2.75) is 44.9 Å². The van der Waals surface area contributed by atoms with Crippen LogP contribution in [0.4, 0.5) is 10.1 Å². The van der Waals surface area contributed by atoms with Gasteiger partial charge in [0.2, 0.25) is 11.8 Å². The van der Waals surface area contributed by atoms with Crippen molar-refractivity contribution in [1.29, 1.82) is 0 Å². The monoisotopic (exact) mass is 538 g/mol. The summed E-state index contributed by atoms with van der Waals surface area (Å²) >= 11 is 0. The van der Waals surface area contributed by atoms with Crippen LogP contribution in [0.15, 0.2) is 54.2 Å². The number of benzene rings is 2. The summed E-state index contributed by atoms with van der Waals surface area (Å²) in [5.41, 5.74) is 2.08. The van der Waals surface area contributed by atoms with Crippen molar-refractivity contribution in [2.24, 2.45) is 5.92 Å². The number of esters is 1. The number of rotatable bonds is 6. The maximum absolute atomic E-state index is 13.5. The molecule has 0 radical (unpaired) electrons. The largest absolute Gasteiger partial charge is 0.469 e. The molecule has 2 heterocycles. The van der Waals surface area contributed by atoms with Gasteiger partial charge < -0.3 is 30.7 Å². The number of hydrogen-bond donors (Lipinski definition) is 4. The van der Waals surface area contributed by atoms with Crippen LogP contribution < -0.4 is 26.0 Å². The number of fused-ring (bicyclic) bond motifs is 1. The molecule has 0 saturated carbocycles. The third-order valence-corrected chi connectivity index (χ3v) is 6.54. The molecule has 0 saturated heterocycles. The van der Waals surface area contributed by atoms with Crippen molar-refractivity contribution in [3.05, 3.63) is 71.2 Å². The number of methoxy groups -OCH3 is 1. The summed E-state index contributed by atoms with van der Waals surface area (Å²) in [7, 11) is 1.19. The topological polar surface area (TPSA) is 135 Å². The average molecular weight is 539 g/mol. The zero-order valence-corrected chi connectivity index (χ0v) is 21.9. The van der Waals surface area contributed by atoms with Crippen LogP contribution in [-0.4, -0.2) is 49.6 Å². The number of amides is 3. The van der Waals surface area contributed by atoms with Crippen LogP contribution in [0.5, 0.6) is 5.75 Å². The molecule has 2 aliphatic rings. The van der Waals surface area contributed by atoms with Gasteiger partial charge in [0.05, 0.1) is 13.0 Å². The molecule has 3 amide bonds. The van der Waals surface area contributed by atoms with E-state index >= 15 is 0 Å². The quantitative estimate of drug-likeness (QED) is 0.414. The third-order valence-electron chi connectivity index (χ3n) is 6.54. The van der Waals surface area contributed by atoms with Crippen LogP contribution in [0, 0.1) is 11.7 Å². The molecule has 2 bridgehead atoms. The first kappa shape index (κ1) is 27.6. The van der Waals surface area contributed by atoms with Crippen LogP contribution in [-0.2, 0) is 30.3 Å². The molecule has 4 N–H and O–H groups in total. The lowest BCUT2D eigenvalue weighted by Crippen LogP contribution is -2.51. The maximum atomic E-state index is 13.5. The standard InChI is InChI=1S/C28H31FN4O6/c1-15(2)25-27(37)32-21(26(36)30-14-24(35)38-3)13-20-19-12-16(5-11-23(34)33-25)4-10-22(19)39-28(20)31-18-8-6-17(29)7-9-18/h4,6-10,12-13,15,20,25,28,31H,5,11,14H2,1-3H3,(H,30,36)(H,32,37)(H,33,34)/b21-13+/t20-,25?,28-/m1/s1. The second-order valence-corrected chi connectivity index (χ2v) is 9.71. The van der Waals surface area contributed by atoms with Crippen molar-refractivity contribution in [3.63, 3.8) is 0 Å². The fourth-order valence-corrected chi connectivity index (χ4v) is 4.42. The lowest BCUT2D eigenvalue weighted by atomic mass is 9.94. The molecule has 0 fully saturated rings. The molecule has 2 aliphatic heterocycles. The van der Waals surface area contributed by atoms with Crippen molar-refractivity contribution >= 4 is 29.4 Å². The molecule has 10 nitrogen and oxygen atoms in total. The first-order chi connectivity index (χ1) is 18.6. The van der Waals surface area contributed by atoms with E-state index in [1.54, 1.807) is 38.1 Å². The van der Waals surface area contributed by atoms with Crippen molar-refractivity contribution in [1.82, 2.24) is 16.0 Å². The van der Waals surface area contributed by atoms with Gasteiger partial charge in [-0.25, -0.2) is 4.39 Å². The smallest absolute Gasteiger partial charge is 0.325 e. The Bertz CT molecular complexity index is 1290. The highest BCUT2D eigenvalue weighted by Gasteiger charge is 2.36. The van der Waals surface area contributed by atoms with Gasteiger partial charge in [0.25, 0.3) is 5.91 Å². The molecule has 2 aromatic rings. The van der Waals surface area contributed by atoms with E-state index in [2.05, 4.69) is 26.0 Å². The minimum atomic E-state index is -0.901. The van der Waals surface area contributed by atoms with Crippen molar-refractivity contribution in [2.75, 3.05) is 19.0 Å². The number of anilines is 1. The zero-order valence-electron chi connectivity index (χ0n) is 21.9. The van der Waals surface area contributed by atoms with Crippen LogP contribution >= 0.6 is 0 Å². The first-order valence-electron chi connectivity index (χ1n) is 12.6. The van der Waals surface area contributed by atoms with E-state index < -0.39 is 48.3 Å². The summed E-state index contributed by atoms with van der Waals surface area (Å²) < 4.78 is 24.2. The molecule has 4 rings (SSSR count). The summed E-state index contributed by atoms with van der Waals surface area (Å²) in [6.45, 7) is 3.16. The van der Waals surface area contributed by atoms with Gasteiger partial charge >= 0.3 is 5.97 Å².